The second-order valence-electron chi connectivity index (χ2n) is 6.35. The first-order valence-electron chi connectivity index (χ1n) is 8.26. The molecule has 0 aliphatic heterocycles. The van der Waals surface area contributed by atoms with Gasteiger partial charge in [0.1, 0.15) is 11.2 Å². The molecule has 0 aromatic rings. The molecule has 3 heteroatoms. The smallest absolute Gasteiger partial charge is 0.428 e. The Morgan fingerprint density at radius 1 is 0.700 bits per heavy atom. The summed E-state index contributed by atoms with van der Waals surface area (Å²) in [5, 5.41) is 0. The van der Waals surface area contributed by atoms with Gasteiger partial charge in [0.25, 0.3) is 0 Å². The summed E-state index contributed by atoms with van der Waals surface area (Å²) in [6.07, 6.45) is 7.05. The normalized spacial score (nSPS) is 12.3. The first-order chi connectivity index (χ1) is 9.34. The largest absolute Gasteiger partial charge is 0.509 e. The van der Waals surface area contributed by atoms with Crippen LogP contribution in [0.5, 0.6) is 0 Å². The van der Waals surface area contributed by atoms with Gasteiger partial charge in [-0.25, -0.2) is 4.79 Å². The van der Waals surface area contributed by atoms with E-state index in [1.54, 1.807) is 0 Å². The van der Waals surface area contributed by atoms with Gasteiger partial charge in [0.05, 0.1) is 0 Å². The van der Waals surface area contributed by atoms with Gasteiger partial charge in [0.2, 0.25) is 0 Å². The van der Waals surface area contributed by atoms with Crippen molar-refractivity contribution in [3.63, 3.8) is 0 Å². The summed E-state index contributed by atoms with van der Waals surface area (Å²) in [4.78, 5) is 12.1. The van der Waals surface area contributed by atoms with E-state index in [-0.39, 0.29) is 11.2 Å². The Morgan fingerprint density at radius 2 is 0.950 bits per heavy atom. The van der Waals surface area contributed by atoms with E-state index < -0.39 is 6.16 Å². The molecule has 0 unspecified atom stereocenters. The standard InChI is InChI=1S/C17H34O3/c1-7-11-16(5,12-8-2)19-15(18)20-17(6,13-9-3)14-10-4/h7-14H2,1-6H3. The van der Waals surface area contributed by atoms with Crippen LogP contribution in [0, 0.1) is 0 Å². The fourth-order valence-corrected chi connectivity index (χ4v) is 2.99. The van der Waals surface area contributed by atoms with Gasteiger partial charge in [0.15, 0.2) is 0 Å². The van der Waals surface area contributed by atoms with Crippen LogP contribution >= 0.6 is 0 Å². The summed E-state index contributed by atoms with van der Waals surface area (Å²) in [7, 11) is 0. The number of ether oxygens (including phenoxy) is 2. The molecule has 0 heterocycles. The van der Waals surface area contributed by atoms with Crippen LogP contribution < -0.4 is 0 Å². The number of carbonyl (C=O) groups is 1. The highest BCUT2D eigenvalue weighted by Gasteiger charge is 2.32. The van der Waals surface area contributed by atoms with E-state index >= 15 is 0 Å². The second kappa shape index (κ2) is 9.25. The quantitative estimate of drug-likeness (QED) is 0.472. The Bertz CT molecular complexity index is 235. The molecular formula is C17H34O3. The molecule has 0 aromatic heterocycles. The predicted molar refractivity (Wildman–Crippen MR) is 84.0 cm³/mol. The van der Waals surface area contributed by atoms with Gasteiger partial charge < -0.3 is 9.47 Å². The zero-order chi connectivity index (χ0) is 15.6. The van der Waals surface area contributed by atoms with Crippen LogP contribution in [0.25, 0.3) is 0 Å². The van der Waals surface area contributed by atoms with Crippen molar-refractivity contribution in [3.8, 4) is 0 Å². The van der Waals surface area contributed by atoms with E-state index in [0.717, 1.165) is 51.4 Å². The first-order valence-corrected chi connectivity index (χ1v) is 8.26. The van der Waals surface area contributed by atoms with Gasteiger partial charge in [-0.15, -0.1) is 0 Å². The molecule has 0 N–H and O–H groups in total. The maximum atomic E-state index is 12.1. The third-order valence-electron chi connectivity index (χ3n) is 3.77. The van der Waals surface area contributed by atoms with E-state index in [0.29, 0.717) is 0 Å². The average molecular weight is 286 g/mol. The highest BCUT2D eigenvalue weighted by molar-refractivity contribution is 5.61. The van der Waals surface area contributed by atoms with Crippen molar-refractivity contribution in [1.82, 2.24) is 0 Å². The summed E-state index contributed by atoms with van der Waals surface area (Å²) >= 11 is 0. The van der Waals surface area contributed by atoms with Gasteiger partial charge in [-0.3, -0.25) is 0 Å². The third kappa shape index (κ3) is 7.16. The van der Waals surface area contributed by atoms with Crippen LogP contribution in [0.1, 0.15) is 92.9 Å². The Morgan fingerprint density at radius 3 is 1.15 bits per heavy atom. The van der Waals surface area contributed by atoms with E-state index in [1.165, 1.54) is 0 Å². The van der Waals surface area contributed by atoms with Gasteiger partial charge in [0, 0.05) is 0 Å². The van der Waals surface area contributed by atoms with E-state index in [1.807, 2.05) is 13.8 Å². The van der Waals surface area contributed by atoms with Crippen LogP contribution in [0.2, 0.25) is 0 Å². The van der Waals surface area contributed by atoms with Crippen molar-refractivity contribution >= 4 is 6.16 Å². The maximum absolute atomic E-state index is 12.1. The SMILES string of the molecule is CCCC(C)(CCC)OC(=O)OC(C)(CCC)CCC. The lowest BCUT2D eigenvalue weighted by atomic mass is 9.94. The highest BCUT2D eigenvalue weighted by atomic mass is 16.7. The minimum Gasteiger partial charge on any atom is -0.428 e. The van der Waals surface area contributed by atoms with E-state index in [2.05, 4.69) is 27.7 Å². The minimum atomic E-state index is -0.501. The average Bonchev–Trinajstić information content (AvgIpc) is 2.28. The summed E-state index contributed by atoms with van der Waals surface area (Å²) < 4.78 is 11.3. The fourth-order valence-electron chi connectivity index (χ4n) is 2.99. The topological polar surface area (TPSA) is 35.5 Å². The number of rotatable bonds is 10. The molecule has 0 aromatic carbocycles. The Labute approximate surface area is 125 Å². The summed E-state index contributed by atoms with van der Waals surface area (Å²) in [6, 6.07) is 0. The minimum absolute atomic E-state index is 0.389. The number of carbonyl (C=O) groups excluding carboxylic acids is 1. The fraction of sp³-hybridized carbons (Fsp3) is 0.941. The Kier molecular flexibility index (Phi) is 8.91. The van der Waals surface area contributed by atoms with Crippen LogP contribution in [-0.2, 0) is 9.47 Å². The molecule has 0 aliphatic rings. The van der Waals surface area contributed by atoms with Gasteiger partial charge in [-0.1, -0.05) is 53.4 Å². The van der Waals surface area contributed by atoms with Gasteiger partial charge in [-0.05, 0) is 39.5 Å². The molecule has 0 radical (unpaired) electrons. The molecule has 120 valence electrons. The van der Waals surface area contributed by atoms with Gasteiger partial charge >= 0.3 is 6.16 Å². The molecule has 0 aliphatic carbocycles. The Hall–Kier alpha value is -0.730. The number of hydrogen-bond acceptors (Lipinski definition) is 3. The van der Waals surface area contributed by atoms with Crippen LogP contribution in [0.3, 0.4) is 0 Å². The summed E-state index contributed by atoms with van der Waals surface area (Å²) in [5.74, 6) is 0. The lowest BCUT2D eigenvalue weighted by Crippen LogP contribution is -2.37. The van der Waals surface area contributed by atoms with Crippen molar-refractivity contribution in [2.24, 2.45) is 0 Å². The van der Waals surface area contributed by atoms with Crippen molar-refractivity contribution < 1.29 is 14.3 Å². The first kappa shape index (κ1) is 19.3. The maximum Gasteiger partial charge on any atom is 0.509 e. The van der Waals surface area contributed by atoms with Crippen molar-refractivity contribution in [2.45, 2.75) is 104 Å². The zero-order valence-electron chi connectivity index (χ0n) is 14.4. The van der Waals surface area contributed by atoms with Crippen molar-refractivity contribution in [3.05, 3.63) is 0 Å². The molecule has 0 atom stereocenters. The van der Waals surface area contributed by atoms with Crippen LogP contribution in [0.4, 0.5) is 4.79 Å². The monoisotopic (exact) mass is 286 g/mol. The van der Waals surface area contributed by atoms with Crippen molar-refractivity contribution in [2.75, 3.05) is 0 Å². The molecule has 0 fully saturated rings. The number of hydrogen-bond donors (Lipinski definition) is 0. The molecular weight excluding hydrogens is 252 g/mol. The molecule has 20 heavy (non-hydrogen) atoms. The van der Waals surface area contributed by atoms with E-state index in [9.17, 15) is 4.79 Å². The molecule has 0 bridgehead atoms. The molecule has 0 saturated heterocycles. The third-order valence-corrected chi connectivity index (χ3v) is 3.77. The molecule has 0 spiro atoms. The summed E-state index contributed by atoms with van der Waals surface area (Å²) in [5.41, 5.74) is -0.778. The Balaban J connectivity index is 4.63. The lowest BCUT2D eigenvalue weighted by Gasteiger charge is -2.33. The highest BCUT2D eigenvalue weighted by Crippen LogP contribution is 2.28. The molecule has 0 rings (SSSR count). The van der Waals surface area contributed by atoms with E-state index in [4.69, 9.17) is 9.47 Å². The van der Waals surface area contributed by atoms with Crippen LogP contribution in [-0.4, -0.2) is 17.4 Å². The molecule has 0 saturated carbocycles. The molecule has 3 nitrogen and oxygen atoms in total. The summed E-state index contributed by atoms with van der Waals surface area (Å²) in [6.45, 7) is 12.5. The van der Waals surface area contributed by atoms with Crippen LogP contribution in [0.15, 0.2) is 0 Å². The zero-order valence-corrected chi connectivity index (χ0v) is 14.4. The molecule has 0 amide bonds. The van der Waals surface area contributed by atoms with Gasteiger partial charge in [-0.2, -0.15) is 0 Å². The predicted octanol–water partition coefficient (Wildman–Crippen LogP) is 5.86. The second-order valence-corrected chi connectivity index (χ2v) is 6.35. The lowest BCUT2D eigenvalue weighted by molar-refractivity contribution is -0.0808. The van der Waals surface area contributed by atoms with Crippen molar-refractivity contribution in [1.29, 1.82) is 0 Å².